The number of rotatable bonds is 3. The first-order chi connectivity index (χ1) is 12.4. The molecule has 0 saturated carbocycles. The first kappa shape index (κ1) is 16.7. The lowest BCUT2D eigenvalue weighted by Gasteiger charge is -2.05. The Morgan fingerprint density at radius 1 is 1.04 bits per heavy atom. The SMILES string of the molecule is CS(=O)(=O)c1cn(-c2ncc(-c3cc(Cl)ccn3)cn2)c2ccccc12. The summed E-state index contributed by atoms with van der Waals surface area (Å²) in [5.41, 5.74) is 2.11. The number of sulfone groups is 1. The number of nitrogens with zero attached hydrogens (tertiary/aromatic N) is 4. The van der Waals surface area contributed by atoms with Gasteiger partial charge in [-0.2, -0.15) is 0 Å². The summed E-state index contributed by atoms with van der Waals surface area (Å²) >= 11 is 5.99. The van der Waals surface area contributed by atoms with Crippen molar-refractivity contribution in [2.75, 3.05) is 6.26 Å². The van der Waals surface area contributed by atoms with Crippen LogP contribution in [0.1, 0.15) is 0 Å². The predicted molar refractivity (Wildman–Crippen MR) is 100 cm³/mol. The Hall–Kier alpha value is -2.77. The number of hydrogen-bond acceptors (Lipinski definition) is 5. The normalized spacial score (nSPS) is 11.8. The molecule has 26 heavy (non-hydrogen) atoms. The first-order valence-electron chi connectivity index (χ1n) is 7.68. The van der Waals surface area contributed by atoms with Crippen LogP contribution in [0.4, 0.5) is 0 Å². The van der Waals surface area contributed by atoms with Crippen molar-refractivity contribution in [1.82, 2.24) is 19.5 Å². The van der Waals surface area contributed by atoms with Gasteiger partial charge in [-0.3, -0.25) is 9.55 Å². The van der Waals surface area contributed by atoms with Gasteiger partial charge in [0.1, 0.15) is 0 Å². The Kier molecular flexibility index (Phi) is 3.97. The van der Waals surface area contributed by atoms with E-state index in [1.807, 2.05) is 12.1 Å². The highest BCUT2D eigenvalue weighted by Crippen LogP contribution is 2.27. The molecule has 3 aromatic heterocycles. The van der Waals surface area contributed by atoms with Crippen molar-refractivity contribution in [3.63, 3.8) is 0 Å². The Bertz CT molecular complexity index is 1220. The third kappa shape index (κ3) is 2.95. The number of benzene rings is 1. The molecule has 0 spiro atoms. The molecule has 130 valence electrons. The molecule has 0 aliphatic heterocycles. The second kappa shape index (κ2) is 6.19. The molecule has 0 amide bonds. The highest BCUT2D eigenvalue weighted by atomic mass is 35.5. The zero-order chi connectivity index (χ0) is 18.3. The minimum Gasteiger partial charge on any atom is -0.284 e. The van der Waals surface area contributed by atoms with Crippen LogP contribution in [-0.4, -0.2) is 34.2 Å². The lowest BCUT2D eigenvalue weighted by molar-refractivity contribution is 0.602. The zero-order valence-corrected chi connectivity index (χ0v) is 15.2. The molecule has 4 rings (SSSR count). The number of hydrogen-bond donors (Lipinski definition) is 0. The molecule has 0 bridgehead atoms. The molecule has 0 saturated heterocycles. The first-order valence-corrected chi connectivity index (χ1v) is 9.95. The maximum Gasteiger partial charge on any atom is 0.234 e. The van der Waals surface area contributed by atoms with Gasteiger partial charge in [-0.05, 0) is 18.2 Å². The van der Waals surface area contributed by atoms with Gasteiger partial charge in [0.2, 0.25) is 5.95 Å². The summed E-state index contributed by atoms with van der Waals surface area (Å²) in [5.74, 6) is 0.377. The number of para-hydroxylation sites is 1. The number of aromatic nitrogens is 4. The van der Waals surface area contributed by atoms with Crippen LogP contribution in [0.3, 0.4) is 0 Å². The second-order valence-electron chi connectivity index (χ2n) is 5.78. The Morgan fingerprint density at radius 3 is 2.46 bits per heavy atom. The molecular formula is C18H13ClN4O2S. The molecule has 0 atom stereocenters. The summed E-state index contributed by atoms with van der Waals surface area (Å²) in [5, 5.41) is 1.22. The predicted octanol–water partition coefficient (Wildman–Crippen LogP) is 3.54. The van der Waals surface area contributed by atoms with Crippen molar-refractivity contribution < 1.29 is 8.42 Å². The van der Waals surface area contributed by atoms with Crippen LogP contribution in [0.25, 0.3) is 28.1 Å². The van der Waals surface area contributed by atoms with Crippen molar-refractivity contribution >= 4 is 32.3 Å². The van der Waals surface area contributed by atoms with Crippen molar-refractivity contribution in [3.05, 3.63) is 66.2 Å². The van der Waals surface area contributed by atoms with Crippen LogP contribution in [0, 0.1) is 0 Å². The third-order valence-corrected chi connectivity index (χ3v) is 5.31. The van der Waals surface area contributed by atoms with Crippen molar-refractivity contribution in [2.24, 2.45) is 0 Å². The van der Waals surface area contributed by atoms with E-state index in [1.165, 1.54) is 6.26 Å². The van der Waals surface area contributed by atoms with Crippen LogP contribution in [0.5, 0.6) is 0 Å². The summed E-state index contributed by atoms with van der Waals surface area (Å²) in [7, 11) is -3.37. The lowest BCUT2D eigenvalue weighted by Crippen LogP contribution is -2.00. The van der Waals surface area contributed by atoms with E-state index < -0.39 is 9.84 Å². The van der Waals surface area contributed by atoms with E-state index in [4.69, 9.17) is 11.6 Å². The maximum atomic E-state index is 12.1. The van der Waals surface area contributed by atoms with Crippen LogP contribution in [-0.2, 0) is 9.84 Å². The molecule has 8 heteroatoms. The van der Waals surface area contributed by atoms with Gasteiger partial charge >= 0.3 is 0 Å². The fourth-order valence-electron chi connectivity index (χ4n) is 2.75. The van der Waals surface area contributed by atoms with Gasteiger partial charge in [0.05, 0.1) is 16.1 Å². The largest absolute Gasteiger partial charge is 0.284 e. The van der Waals surface area contributed by atoms with Crippen LogP contribution < -0.4 is 0 Å². The topological polar surface area (TPSA) is 77.7 Å². The standard InChI is InChI=1S/C18H13ClN4O2S/c1-26(24,25)17-11-23(16-5-3-2-4-14(16)17)18-21-9-12(10-22-18)15-8-13(19)6-7-20-15/h2-11H,1H3. The summed E-state index contributed by atoms with van der Waals surface area (Å²) in [4.78, 5) is 13.2. The zero-order valence-electron chi connectivity index (χ0n) is 13.7. The second-order valence-corrected chi connectivity index (χ2v) is 8.20. The van der Waals surface area contributed by atoms with E-state index in [2.05, 4.69) is 15.0 Å². The van der Waals surface area contributed by atoms with Gasteiger partial charge in [0, 0.05) is 47.0 Å². The highest BCUT2D eigenvalue weighted by Gasteiger charge is 2.18. The molecule has 6 nitrogen and oxygen atoms in total. The van der Waals surface area contributed by atoms with Gasteiger partial charge in [-0.15, -0.1) is 0 Å². The number of pyridine rings is 1. The van der Waals surface area contributed by atoms with Gasteiger partial charge in [-0.25, -0.2) is 18.4 Å². The van der Waals surface area contributed by atoms with Gasteiger partial charge in [0.15, 0.2) is 9.84 Å². The average molecular weight is 385 g/mol. The molecule has 0 N–H and O–H groups in total. The van der Waals surface area contributed by atoms with Gasteiger partial charge in [0.25, 0.3) is 0 Å². The van der Waals surface area contributed by atoms with Crippen molar-refractivity contribution in [3.8, 4) is 17.2 Å². The molecular weight excluding hydrogens is 372 g/mol. The van der Waals surface area contributed by atoms with Crippen molar-refractivity contribution in [2.45, 2.75) is 4.90 Å². The minimum absolute atomic E-state index is 0.247. The molecule has 0 unspecified atom stereocenters. The molecule has 1 aromatic carbocycles. The monoisotopic (exact) mass is 384 g/mol. The quantitative estimate of drug-likeness (QED) is 0.540. The van der Waals surface area contributed by atoms with Gasteiger partial charge < -0.3 is 0 Å². The Labute approximate surface area is 155 Å². The fraction of sp³-hybridized carbons (Fsp3) is 0.0556. The molecule has 4 aromatic rings. The van der Waals surface area contributed by atoms with E-state index in [-0.39, 0.29) is 4.90 Å². The van der Waals surface area contributed by atoms with Crippen LogP contribution >= 0.6 is 11.6 Å². The smallest absolute Gasteiger partial charge is 0.234 e. The minimum atomic E-state index is -3.37. The maximum absolute atomic E-state index is 12.1. The van der Waals surface area contributed by atoms with E-state index >= 15 is 0 Å². The van der Waals surface area contributed by atoms with Crippen molar-refractivity contribution in [1.29, 1.82) is 0 Å². The van der Waals surface area contributed by atoms with Gasteiger partial charge in [-0.1, -0.05) is 29.8 Å². The fourth-order valence-corrected chi connectivity index (χ4v) is 3.78. The summed E-state index contributed by atoms with van der Waals surface area (Å²) in [6.45, 7) is 0. The average Bonchev–Trinajstić information content (AvgIpc) is 3.02. The lowest BCUT2D eigenvalue weighted by atomic mass is 10.2. The van der Waals surface area contributed by atoms with E-state index in [1.54, 1.807) is 53.6 Å². The highest BCUT2D eigenvalue weighted by molar-refractivity contribution is 7.91. The van der Waals surface area contributed by atoms with Crippen LogP contribution in [0.2, 0.25) is 5.02 Å². The third-order valence-electron chi connectivity index (χ3n) is 3.95. The number of halogens is 1. The van der Waals surface area contributed by atoms with Crippen LogP contribution in [0.15, 0.2) is 66.1 Å². The summed E-state index contributed by atoms with van der Waals surface area (Å²) in [6.07, 6.45) is 7.62. The molecule has 0 aliphatic carbocycles. The molecule has 0 aliphatic rings. The number of fused-ring (bicyclic) bond motifs is 1. The molecule has 3 heterocycles. The Balaban J connectivity index is 1.84. The molecule has 0 fully saturated rings. The van der Waals surface area contributed by atoms with E-state index in [9.17, 15) is 8.42 Å². The van der Waals surface area contributed by atoms with E-state index in [0.717, 1.165) is 11.1 Å². The van der Waals surface area contributed by atoms with E-state index in [0.29, 0.717) is 22.1 Å². The summed E-state index contributed by atoms with van der Waals surface area (Å²) in [6, 6.07) is 10.7. The Morgan fingerprint density at radius 2 is 1.77 bits per heavy atom. The molecule has 0 radical (unpaired) electrons. The summed E-state index contributed by atoms with van der Waals surface area (Å²) < 4.78 is 25.8.